The molecule has 2 aromatic rings. The van der Waals surface area contributed by atoms with Crippen molar-refractivity contribution < 1.29 is 24.2 Å². The van der Waals surface area contributed by atoms with Crippen molar-refractivity contribution >= 4 is 18.0 Å². The lowest BCUT2D eigenvalue weighted by Gasteiger charge is -2.25. The van der Waals surface area contributed by atoms with Crippen LogP contribution in [0.25, 0.3) is 11.1 Å². The van der Waals surface area contributed by atoms with Gasteiger partial charge in [0.1, 0.15) is 12.6 Å². The first-order valence-electron chi connectivity index (χ1n) is 10.8. The van der Waals surface area contributed by atoms with Crippen LogP contribution >= 0.6 is 0 Å². The number of alkyl carbamates (subject to hydrolysis) is 1. The fourth-order valence-electron chi connectivity index (χ4n) is 3.91. The molecule has 2 aromatic carbocycles. The molecular weight excluding hydrogens is 420 g/mol. The molecule has 0 heterocycles. The number of hydrogen-bond acceptors (Lipinski definition) is 4. The Bertz CT molecular complexity index is 1040. The Morgan fingerprint density at radius 3 is 2.21 bits per heavy atom. The predicted molar refractivity (Wildman–Crippen MR) is 124 cm³/mol. The van der Waals surface area contributed by atoms with E-state index in [1.165, 1.54) is 0 Å². The Hall–Kier alpha value is -3.79. The average molecular weight is 449 g/mol. The number of amides is 2. The van der Waals surface area contributed by atoms with E-state index < -0.39 is 29.4 Å². The van der Waals surface area contributed by atoms with Crippen LogP contribution in [-0.4, -0.2) is 42.3 Å². The monoisotopic (exact) mass is 448 g/mol. The van der Waals surface area contributed by atoms with Crippen LogP contribution in [0, 0.1) is 17.8 Å². The highest BCUT2D eigenvalue weighted by atomic mass is 16.5. The molecule has 0 aromatic heterocycles. The number of carbonyl (C=O) groups is 3. The number of carboxylic acid groups (broad SMARTS) is 1. The van der Waals surface area contributed by atoms with Gasteiger partial charge in [0.05, 0.1) is 0 Å². The van der Waals surface area contributed by atoms with Gasteiger partial charge >= 0.3 is 12.1 Å². The van der Waals surface area contributed by atoms with Crippen molar-refractivity contribution in [2.24, 2.45) is 5.41 Å². The molecule has 0 saturated heterocycles. The molecule has 0 fully saturated rings. The SMILES string of the molecule is C#CCC(NC(=O)C(C)(C)CCNC(=O)OCC1c2ccccc2-c2ccccc21)C(=O)O. The van der Waals surface area contributed by atoms with Gasteiger partial charge in [-0.1, -0.05) is 62.4 Å². The Morgan fingerprint density at radius 1 is 1.09 bits per heavy atom. The molecule has 172 valence electrons. The molecule has 0 aliphatic heterocycles. The first-order valence-corrected chi connectivity index (χ1v) is 10.8. The van der Waals surface area contributed by atoms with Gasteiger partial charge in [0.15, 0.2) is 0 Å². The van der Waals surface area contributed by atoms with Crippen molar-refractivity contribution in [1.82, 2.24) is 10.6 Å². The standard InChI is InChI=1S/C26H28N2O5/c1-4-9-22(23(29)30)28-24(31)26(2,3)14-15-27-25(32)33-16-21-19-12-7-5-10-17(19)18-11-6-8-13-20(18)21/h1,5-8,10-13,21-22H,9,14-16H2,2-3H3,(H,27,32)(H,28,31)(H,29,30). The minimum Gasteiger partial charge on any atom is -0.480 e. The Labute approximate surface area is 193 Å². The molecule has 33 heavy (non-hydrogen) atoms. The van der Waals surface area contributed by atoms with Gasteiger partial charge in [-0.25, -0.2) is 9.59 Å². The molecule has 1 aliphatic carbocycles. The molecule has 3 N–H and O–H groups in total. The van der Waals surface area contributed by atoms with Gasteiger partial charge in [0.2, 0.25) is 5.91 Å². The first kappa shape index (κ1) is 23.9. The molecule has 0 saturated carbocycles. The number of nitrogens with one attached hydrogen (secondary N) is 2. The third-order valence-corrected chi connectivity index (χ3v) is 5.90. The van der Waals surface area contributed by atoms with Crippen LogP contribution < -0.4 is 10.6 Å². The van der Waals surface area contributed by atoms with Crippen molar-refractivity contribution in [1.29, 1.82) is 0 Å². The highest BCUT2D eigenvalue weighted by Crippen LogP contribution is 2.44. The van der Waals surface area contributed by atoms with Crippen molar-refractivity contribution in [3.63, 3.8) is 0 Å². The van der Waals surface area contributed by atoms with E-state index in [0.717, 1.165) is 22.3 Å². The largest absolute Gasteiger partial charge is 0.480 e. The number of carboxylic acids is 1. The normalized spacial score (nSPS) is 13.2. The quantitative estimate of drug-likeness (QED) is 0.509. The summed E-state index contributed by atoms with van der Waals surface area (Å²) in [5.74, 6) is 0.581. The highest BCUT2D eigenvalue weighted by molar-refractivity contribution is 5.87. The number of ether oxygens (including phenoxy) is 1. The summed E-state index contributed by atoms with van der Waals surface area (Å²) < 4.78 is 5.49. The molecule has 7 heteroatoms. The Morgan fingerprint density at radius 2 is 1.67 bits per heavy atom. The zero-order valence-corrected chi connectivity index (χ0v) is 18.8. The van der Waals surface area contributed by atoms with Crippen molar-refractivity contribution in [3.05, 3.63) is 59.7 Å². The lowest BCUT2D eigenvalue weighted by Crippen LogP contribution is -2.47. The lowest BCUT2D eigenvalue weighted by atomic mass is 9.88. The summed E-state index contributed by atoms with van der Waals surface area (Å²) in [5, 5.41) is 14.3. The van der Waals surface area contributed by atoms with E-state index in [1.54, 1.807) is 13.8 Å². The van der Waals surface area contributed by atoms with E-state index in [0.29, 0.717) is 6.42 Å². The average Bonchev–Trinajstić information content (AvgIpc) is 3.11. The topological polar surface area (TPSA) is 105 Å². The van der Waals surface area contributed by atoms with Crippen LogP contribution in [0.5, 0.6) is 0 Å². The number of fused-ring (bicyclic) bond motifs is 3. The molecule has 7 nitrogen and oxygen atoms in total. The van der Waals surface area contributed by atoms with E-state index in [2.05, 4.69) is 28.7 Å². The molecule has 0 spiro atoms. The summed E-state index contributed by atoms with van der Waals surface area (Å²) in [6.07, 6.45) is 4.80. The minimum atomic E-state index is -1.19. The smallest absolute Gasteiger partial charge is 0.407 e. The molecule has 1 aliphatic rings. The number of carbonyl (C=O) groups excluding carboxylic acids is 2. The van der Waals surface area contributed by atoms with E-state index >= 15 is 0 Å². The minimum absolute atomic E-state index is 0.0329. The van der Waals surface area contributed by atoms with Gasteiger partial charge in [-0.2, -0.15) is 0 Å². The fourth-order valence-corrected chi connectivity index (χ4v) is 3.91. The summed E-state index contributed by atoms with van der Waals surface area (Å²) in [6, 6.07) is 15.0. The molecule has 3 rings (SSSR count). The number of benzene rings is 2. The second-order valence-electron chi connectivity index (χ2n) is 8.66. The van der Waals surface area contributed by atoms with Gasteiger partial charge in [0, 0.05) is 24.3 Å². The van der Waals surface area contributed by atoms with Crippen LogP contribution in [-0.2, 0) is 14.3 Å². The second-order valence-corrected chi connectivity index (χ2v) is 8.66. The summed E-state index contributed by atoms with van der Waals surface area (Å²) in [4.78, 5) is 36.0. The van der Waals surface area contributed by atoms with E-state index in [-0.39, 0.29) is 25.5 Å². The van der Waals surface area contributed by atoms with Gasteiger partial charge in [0.25, 0.3) is 0 Å². The summed E-state index contributed by atoms with van der Waals surface area (Å²) in [5.41, 5.74) is 3.66. The number of hydrogen-bond donors (Lipinski definition) is 3. The third-order valence-electron chi connectivity index (χ3n) is 5.90. The lowest BCUT2D eigenvalue weighted by molar-refractivity contribution is -0.143. The second kappa shape index (κ2) is 10.2. The Kier molecular flexibility index (Phi) is 7.39. The number of terminal acetylenes is 1. The molecule has 2 amide bonds. The maximum atomic E-state index is 12.5. The van der Waals surface area contributed by atoms with E-state index in [4.69, 9.17) is 16.3 Å². The maximum Gasteiger partial charge on any atom is 0.407 e. The van der Waals surface area contributed by atoms with Crippen molar-refractivity contribution in [2.75, 3.05) is 13.2 Å². The van der Waals surface area contributed by atoms with Gasteiger partial charge in [-0.15, -0.1) is 12.3 Å². The Balaban J connectivity index is 1.51. The maximum absolute atomic E-state index is 12.5. The van der Waals surface area contributed by atoms with Crippen molar-refractivity contribution in [3.8, 4) is 23.5 Å². The van der Waals surface area contributed by atoms with Gasteiger partial charge in [-0.3, -0.25) is 4.79 Å². The molecule has 0 radical (unpaired) electrons. The van der Waals surface area contributed by atoms with Gasteiger partial charge in [-0.05, 0) is 28.7 Å². The van der Waals surface area contributed by atoms with Crippen molar-refractivity contribution in [2.45, 2.75) is 38.6 Å². The van der Waals surface area contributed by atoms with Crippen LogP contribution in [0.4, 0.5) is 4.79 Å². The summed E-state index contributed by atoms with van der Waals surface area (Å²) >= 11 is 0. The van der Waals surface area contributed by atoms with Gasteiger partial charge < -0.3 is 20.5 Å². The highest BCUT2D eigenvalue weighted by Gasteiger charge is 2.32. The first-order chi connectivity index (χ1) is 15.7. The number of rotatable bonds is 9. The molecule has 1 unspecified atom stereocenters. The van der Waals surface area contributed by atoms with E-state index in [1.807, 2.05) is 36.4 Å². The molecule has 0 bridgehead atoms. The summed E-state index contributed by atoms with van der Waals surface area (Å²) in [6.45, 7) is 3.76. The van der Waals surface area contributed by atoms with Crippen LogP contribution in [0.15, 0.2) is 48.5 Å². The molecule has 1 atom stereocenters. The number of aliphatic carboxylic acids is 1. The fraction of sp³-hybridized carbons (Fsp3) is 0.346. The summed E-state index contributed by atoms with van der Waals surface area (Å²) in [7, 11) is 0. The third kappa shape index (κ3) is 5.53. The van der Waals surface area contributed by atoms with Crippen LogP contribution in [0.1, 0.15) is 43.7 Å². The van der Waals surface area contributed by atoms with Crippen LogP contribution in [0.3, 0.4) is 0 Å². The van der Waals surface area contributed by atoms with Crippen LogP contribution in [0.2, 0.25) is 0 Å². The predicted octanol–water partition coefficient (Wildman–Crippen LogP) is 3.53. The zero-order valence-electron chi connectivity index (χ0n) is 18.8. The van der Waals surface area contributed by atoms with E-state index in [9.17, 15) is 14.4 Å². The zero-order chi connectivity index (χ0) is 24.0. The molecular formula is C26H28N2O5.